The van der Waals surface area contributed by atoms with Gasteiger partial charge in [0.15, 0.2) is 0 Å². The lowest BCUT2D eigenvalue weighted by Crippen LogP contribution is -2.50. The molecule has 0 spiro atoms. The van der Waals surface area contributed by atoms with E-state index in [1.165, 1.54) is 12.1 Å². The van der Waals surface area contributed by atoms with Gasteiger partial charge in [-0.25, -0.2) is 5.82 Å². The third-order valence-electron chi connectivity index (χ3n) is 2.83. The van der Waals surface area contributed by atoms with E-state index >= 15 is 0 Å². The van der Waals surface area contributed by atoms with Crippen LogP contribution in [0, 0.1) is 21.9 Å². The molecule has 0 unspecified atom stereocenters. The van der Waals surface area contributed by atoms with Crippen LogP contribution >= 0.6 is 0 Å². The fourth-order valence-electron chi connectivity index (χ4n) is 2.11. The molecule has 132 valence electrons. The zero-order valence-corrected chi connectivity index (χ0v) is 15.1. The lowest BCUT2D eigenvalue weighted by Gasteiger charge is -2.42. The summed E-state index contributed by atoms with van der Waals surface area (Å²) < 4.78 is 17.6. The third-order valence-corrected chi connectivity index (χ3v) is 2.83. The van der Waals surface area contributed by atoms with E-state index in [1.807, 2.05) is 41.5 Å². The van der Waals surface area contributed by atoms with Crippen LogP contribution in [0.3, 0.4) is 0 Å². The number of hydrogen-bond donors (Lipinski definition) is 0. The fraction of sp³-hybridized carbons (Fsp3) is 0.529. The van der Waals surface area contributed by atoms with E-state index in [2.05, 4.69) is 11.7 Å². The number of benzene rings is 1. The summed E-state index contributed by atoms with van der Waals surface area (Å²) in [6, 6.07) is 6.00. The van der Waals surface area contributed by atoms with Crippen LogP contribution in [0.25, 0.3) is 0 Å². The highest BCUT2D eigenvalue weighted by atomic mass is 16.8. The van der Waals surface area contributed by atoms with Crippen LogP contribution in [0.2, 0.25) is 0 Å². The van der Waals surface area contributed by atoms with Crippen LogP contribution in [-0.2, 0) is 14.0 Å². The van der Waals surface area contributed by atoms with Gasteiger partial charge >= 0.3 is 6.75 Å². The molecule has 0 atom stereocenters. The van der Waals surface area contributed by atoms with Gasteiger partial charge in [-0.1, -0.05) is 0 Å². The molecule has 0 aliphatic heterocycles. The predicted octanol–water partition coefficient (Wildman–Crippen LogP) is 3.70. The Morgan fingerprint density at radius 1 is 0.917 bits per heavy atom. The van der Waals surface area contributed by atoms with Crippen molar-refractivity contribution < 1.29 is 18.9 Å². The lowest BCUT2D eigenvalue weighted by atomic mass is 9.77. The Kier molecular flexibility index (Phi) is 7.42. The highest BCUT2D eigenvalue weighted by Crippen LogP contribution is 2.17. The van der Waals surface area contributed by atoms with Gasteiger partial charge in [-0.3, -0.25) is 10.1 Å². The Hall–Kier alpha value is -1.88. The van der Waals surface area contributed by atoms with Crippen LogP contribution in [0.4, 0.5) is 5.69 Å². The van der Waals surface area contributed by atoms with Crippen molar-refractivity contribution in [2.45, 2.75) is 59.9 Å². The Labute approximate surface area is 143 Å². The Balaban J connectivity index is 3.16. The summed E-state index contributed by atoms with van der Waals surface area (Å²) in [4.78, 5) is 10.3. The number of nitrogens with zero attached hydrogens (tertiary/aromatic N) is 1. The number of hydrogen-bond acceptors (Lipinski definition) is 5. The molecule has 0 aliphatic rings. The first-order valence-corrected chi connectivity index (χ1v) is 8.08. The smallest absolute Gasteiger partial charge is 0.457 e. The van der Waals surface area contributed by atoms with Crippen molar-refractivity contribution in [3.05, 3.63) is 39.9 Å². The summed E-state index contributed by atoms with van der Waals surface area (Å²) in [5.74, 6) is 5.92. The third kappa shape index (κ3) is 6.71. The number of rotatable bonds is 7. The van der Waals surface area contributed by atoms with Crippen LogP contribution in [0.1, 0.15) is 47.1 Å². The fourth-order valence-corrected chi connectivity index (χ4v) is 2.11. The molecule has 1 rings (SSSR count). The number of nitro groups is 1. The van der Waals surface area contributed by atoms with E-state index < -0.39 is 11.7 Å². The highest BCUT2D eigenvalue weighted by Gasteiger charge is 2.30. The van der Waals surface area contributed by atoms with Gasteiger partial charge in [0.05, 0.1) is 4.92 Å². The second-order valence-corrected chi connectivity index (χ2v) is 6.27. The molecule has 24 heavy (non-hydrogen) atoms. The normalized spacial score (nSPS) is 11.7. The molecular formula is C17H25BNO5-. The summed E-state index contributed by atoms with van der Waals surface area (Å²) in [6.07, 6.45) is -0.393. The second kappa shape index (κ2) is 8.83. The van der Waals surface area contributed by atoms with Gasteiger partial charge in [0.25, 0.3) is 5.69 Å². The summed E-state index contributed by atoms with van der Waals surface area (Å²) in [7, 11) is 0. The van der Waals surface area contributed by atoms with Crippen molar-refractivity contribution in [3.63, 3.8) is 0 Å². The van der Waals surface area contributed by atoms with Crippen LogP contribution < -0.4 is 0 Å². The van der Waals surface area contributed by atoms with Crippen molar-refractivity contribution in [2.75, 3.05) is 0 Å². The summed E-state index contributed by atoms with van der Waals surface area (Å²) in [6.45, 7) is 9.06. The molecule has 0 bridgehead atoms. The molecule has 0 radical (unpaired) electrons. The first-order chi connectivity index (χ1) is 11.1. The Morgan fingerprint density at radius 2 is 1.33 bits per heavy atom. The van der Waals surface area contributed by atoms with Crippen molar-refractivity contribution in [1.29, 1.82) is 0 Å². The van der Waals surface area contributed by atoms with Gasteiger partial charge in [-0.05, 0) is 53.7 Å². The van der Waals surface area contributed by atoms with Gasteiger partial charge < -0.3 is 14.0 Å². The molecular weight excluding hydrogens is 309 g/mol. The summed E-state index contributed by atoms with van der Waals surface area (Å²) in [5.41, 5.74) is 0.645. The minimum Gasteiger partial charge on any atom is -0.532 e. The van der Waals surface area contributed by atoms with E-state index in [-0.39, 0.29) is 24.0 Å². The second-order valence-electron chi connectivity index (χ2n) is 6.27. The standard InChI is InChI=1S/C17H25BNO5/c1-13(2)22-18(23-14(3)4,24-15(5)6)12-11-16-7-9-17(10-8-16)19(20)21/h7-10,13-15H,1-6H3/q-1. The van der Waals surface area contributed by atoms with Crippen molar-refractivity contribution in [3.8, 4) is 11.7 Å². The van der Waals surface area contributed by atoms with Gasteiger partial charge in [0.2, 0.25) is 0 Å². The molecule has 0 saturated carbocycles. The molecule has 0 amide bonds. The molecule has 1 aromatic carbocycles. The maximum absolute atomic E-state index is 10.7. The van der Waals surface area contributed by atoms with Crippen LogP contribution in [-0.4, -0.2) is 30.0 Å². The zero-order valence-electron chi connectivity index (χ0n) is 15.1. The predicted molar refractivity (Wildman–Crippen MR) is 94.4 cm³/mol. The minimum absolute atomic E-state index is 0.0209. The van der Waals surface area contributed by atoms with Crippen molar-refractivity contribution in [1.82, 2.24) is 0 Å². The Morgan fingerprint density at radius 3 is 1.67 bits per heavy atom. The molecule has 0 saturated heterocycles. The largest absolute Gasteiger partial charge is 0.532 e. The average Bonchev–Trinajstić information content (AvgIpc) is 2.43. The topological polar surface area (TPSA) is 70.8 Å². The quantitative estimate of drug-likeness (QED) is 0.329. The molecule has 0 aliphatic carbocycles. The zero-order chi connectivity index (χ0) is 18.3. The molecule has 0 aromatic heterocycles. The van der Waals surface area contributed by atoms with Gasteiger partial charge in [0, 0.05) is 36.0 Å². The number of non-ortho nitro benzene ring substituents is 1. The van der Waals surface area contributed by atoms with E-state index in [0.717, 1.165) is 0 Å². The molecule has 1 aromatic rings. The van der Waals surface area contributed by atoms with Crippen LogP contribution in [0.5, 0.6) is 0 Å². The Bertz CT molecular complexity index is 575. The molecule has 0 N–H and O–H groups in total. The summed E-state index contributed by atoms with van der Waals surface area (Å²) in [5, 5.41) is 10.7. The lowest BCUT2D eigenvalue weighted by molar-refractivity contribution is -0.384. The maximum Gasteiger partial charge on any atom is 0.457 e. The van der Waals surface area contributed by atoms with E-state index in [4.69, 9.17) is 14.0 Å². The van der Waals surface area contributed by atoms with Crippen molar-refractivity contribution >= 4 is 12.4 Å². The minimum atomic E-state index is -2.26. The van der Waals surface area contributed by atoms with Gasteiger partial charge in [0.1, 0.15) is 0 Å². The average molecular weight is 334 g/mol. The summed E-state index contributed by atoms with van der Waals surface area (Å²) >= 11 is 0. The van der Waals surface area contributed by atoms with E-state index in [0.29, 0.717) is 5.56 Å². The van der Waals surface area contributed by atoms with Gasteiger partial charge in [-0.2, -0.15) is 0 Å². The highest BCUT2D eigenvalue weighted by molar-refractivity contribution is 6.69. The molecule has 7 heteroatoms. The number of nitro benzene ring substituents is 1. The first kappa shape index (κ1) is 20.2. The maximum atomic E-state index is 10.7. The van der Waals surface area contributed by atoms with Crippen LogP contribution in [0.15, 0.2) is 24.3 Å². The monoisotopic (exact) mass is 334 g/mol. The first-order valence-electron chi connectivity index (χ1n) is 8.08. The molecule has 0 fully saturated rings. The van der Waals surface area contributed by atoms with Gasteiger partial charge in [-0.15, -0.1) is 5.92 Å². The van der Waals surface area contributed by atoms with E-state index in [1.54, 1.807) is 12.1 Å². The molecule has 0 heterocycles. The van der Waals surface area contributed by atoms with Crippen molar-refractivity contribution in [2.24, 2.45) is 0 Å². The SMILES string of the molecule is CC(C)O[B-](C#Cc1ccc([N+](=O)[O-])cc1)(OC(C)C)OC(C)C. The van der Waals surface area contributed by atoms with E-state index in [9.17, 15) is 10.1 Å². The molecule has 6 nitrogen and oxygen atoms in total.